The minimum absolute atomic E-state index is 0.0197. The lowest BCUT2D eigenvalue weighted by Crippen LogP contribution is -2.53. The molecule has 426 valence electrons. The van der Waals surface area contributed by atoms with Gasteiger partial charge in [0.2, 0.25) is 17.7 Å². The van der Waals surface area contributed by atoms with E-state index in [1.807, 2.05) is 60.4 Å². The number of amides is 5. The molecule has 5 amide bonds. The van der Waals surface area contributed by atoms with Crippen LogP contribution in [0.5, 0.6) is 11.5 Å². The maximum absolute atomic E-state index is 15.1. The normalized spacial score (nSPS) is 17.9. The average molecular weight is 1100 g/mol. The molecule has 9 rings (SSSR count). The molecule has 4 heterocycles. The van der Waals surface area contributed by atoms with Crippen LogP contribution in [0.3, 0.4) is 0 Å². The van der Waals surface area contributed by atoms with E-state index in [1.54, 1.807) is 47.2 Å². The van der Waals surface area contributed by atoms with Crippen LogP contribution < -0.4 is 31.0 Å². The standard InChI is InChI=1S/C61H76FN9O9/c1-3-79-54-36-48(78-2)20-19-45(54)37-63-38-55(72)71-25-10-15-46(39-71)43-13-9-14-44(35-43)58(74)65-57(42-11-5-4-6-12-42)60(76)64-24-32-80-47-22-26-68(27-23-47)40-56(73)69-28-30-70(31-29-69)61(77)51-33-41(18-21-52(51)62)34-53-49-16-7-8-17-50(49)59(75)67-66-53/h7-9,13-14,16-21,33,35-36,42,46-47,57,63H,3-6,10-12,15,22-32,34,37-40H2,1-2H3,(H,64,76)(H,65,74)(H,67,75). The van der Waals surface area contributed by atoms with Gasteiger partial charge < -0.3 is 44.9 Å². The number of carbonyl (C=O) groups excluding carboxylic acids is 5. The maximum atomic E-state index is 15.1. The smallest absolute Gasteiger partial charge is 0.272 e. The summed E-state index contributed by atoms with van der Waals surface area (Å²) in [5, 5.41) is 17.4. The van der Waals surface area contributed by atoms with Crippen LogP contribution in [0.2, 0.25) is 0 Å². The van der Waals surface area contributed by atoms with Crippen molar-refractivity contribution in [3.05, 3.63) is 135 Å². The topological polar surface area (TPSA) is 208 Å². The lowest BCUT2D eigenvalue weighted by Gasteiger charge is -2.37. The second-order valence-electron chi connectivity index (χ2n) is 21.5. The molecule has 1 aromatic heterocycles. The maximum Gasteiger partial charge on any atom is 0.272 e. The predicted octanol–water partition coefficient (Wildman–Crippen LogP) is 5.82. The Labute approximate surface area is 467 Å². The minimum atomic E-state index is -0.686. The first kappa shape index (κ1) is 57.5. The van der Waals surface area contributed by atoms with Gasteiger partial charge in [0, 0.05) is 100 Å². The van der Waals surface area contributed by atoms with E-state index in [4.69, 9.17) is 14.2 Å². The van der Waals surface area contributed by atoms with Crippen molar-refractivity contribution in [2.45, 2.75) is 95.7 Å². The first-order chi connectivity index (χ1) is 38.9. The molecule has 4 fully saturated rings. The van der Waals surface area contributed by atoms with Gasteiger partial charge in [-0.05, 0) is 98.9 Å². The number of piperazine rings is 1. The highest BCUT2D eigenvalue weighted by Gasteiger charge is 2.33. The Morgan fingerprint density at radius 1 is 0.787 bits per heavy atom. The van der Waals surface area contributed by atoms with E-state index >= 15 is 4.39 Å². The first-order valence-corrected chi connectivity index (χ1v) is 28.6. The van der Waals surface area contributed by atoms with Crippen molar-refractivity contribution < 1.29 is 42.6 Å². The Morgan fingerprint density at radius 3 is 2.34 bits per heavy atom. The molecule has 1 saturated carbocycles. The number of aromatic nitrogens is 2. The number of nitrogens with zero attached hydrogens (tertiary/aromatic N) is 5. The monoisotopic (exact) mass is 1100 g/mol. The molecular formula is C61H76FN9O9. The van der Waals surface area contributed by atoms with Gasteiger partial charge in [-0.3, -0.25) is 33.7 Å². The molecule has 0 spiro atoms. The molecule has 18 nitrogen and oxygen atoms in total. The summed E-state index contributed by atoms with van der Waals surface area (Å²) < 4.78 is 32.5. The van der Waals surface area contributed by atoms with Gasteiger partial charge in [0.1, 0.15) is 23.4 Å². The fraction of sp³-hybridized carbons (Fsp3) is 0.492. The molecule has 3 saturated heterocycles. The largest absolute Gasteiger partial charge is 0.497 e. The van der Waals surface area contributed by atoms with Crippen molar-refractivity contribution >= 4 is 40.3 Å². The third-order valence-corrected chi connectivity index (χ3v) is 16.2. The highest BCUT2D eigenvalue weighted by Crippen LogP contribution is 2.30. The van der Waals surface area contributed by atoms with Crippen LogP contribution >= 0.6 is 0 Å². The van der Waals surface area contributed by atoms with Crippen molar-refractivity contribution in [1.82, 2.24) is 45.7 Å². The Morgan fingerprint density at radius 2 is 1.56 bits per heavy atom. The van der Waals surface area contributed by atoms with Gasteiger partial charge in [0.05, 0.1) is 56.2 Å². The molecule has 4 aromatic carbocycles. The molecule has 5 aromatic rings. The second kappa shape index (κ2) is 27.8. The van der Waals surface area contributed by atoms with Gasteiger partial charge in [0.25, 0.3) is 17.4 Å². The van der Waals surface area contributed by atoms with E-state index in [1.165, 1.54) is 6.07 Å². The first-order valence-electron chi connectivity index (χ1n) is 28.6. The lowest BCUT2D eigenvalue weighted by atomic mass is 9.83. The highest BCUT2D eigenvalue weighted by atomic mass is 19.1. The van der Waals surface area contributed by atoms with Crippen LogP contribution in [0.15, 0.2) is 89.7 Å². The number of hydrogen-bond acceptors (Lipinski definition) is 12. The SMILES string of the molecule is CCOc1cc(OC)ccc1CNCC(=O)N1CCCC(c2cccc(C(=O)NC(C(=O)NCCOC3CCN(CC(=O)N4CCN(C(=O)c5cc(Cc6n[nH]c(=O)c7ccccc67)ccc5F)CC4)CC3)C3CCCCC3)c2)C1. The van der Waals surface area contributed by atoms with Crippen LogP contribution in [0, 0.1) is 11.7 Å². The number of hydrogen-bond donors (Lipinski definition) is 4. The number of nitrogens with one attached hydrogen (secondary N) is 4. The molecule has 4 N–H and O–H groups in total. The summed E-state index contributed by atoms with van der Waals surface area (Å²) in [5.74, 6) is -0.0466. The number of aromatic amines is 1. The summed E-state index contributed by atoms with van der Waals surface area (Å²) >= 11 is 0. The summed E-state index contributed by atoms with van der Waals surface area (Å²) in [7, 11) is 1.62. The number of piperidine rings is 2. The summed E-state index contributed by atoms with van der Waals surface area (Å²) in [5.41, 5.74) is 3.38. The molecular weight excluding hydrogens is 1020 g/mol. The van der Waals surface area contributed by atoms with Gasteiger partial charge in [-0.25, -0.2) is 9.49 Å². The number of methoxy groups -OCH3 is 1. The van der Waals surface area contributed by atoms with Gasteiger partial charge >= 0.3 is 0 Å². The van der Waals surface area contributed by atoms with E-state index in [0.717, 1.165) is 74.7 Å². The number of rotatable bonds is 21. The van der Waals surface area contributed by atoms with Gasteiger partial charge in [-0.2, -0.15) is 5.10 Å². The van der Waals surface area contributed by atoms with E-state index in [9.17, 15) is 28.8 Å². The fourth-order valence-corrected chi connectivity index (χ4v) is 11.7. The lowest BCUT2D eigenvalue weighted by molar-refractivity contribution is -0.134. The number of ether oxygens (including phenoxy) is 3. The molecule has 3 aliphatic heterocycles. The zero-order chi connectivity index (χ0) is 56.0. The molecule has 1 aliphatic carbocycles. The van der Waals surface area contributed by atoms with Gasteiger partial charge in [0.15, 0.2) is 0 Å². The summed E-state index contributed by atoms with van der Waals surface area (Å²) in [6, 6.07) is 24.2. The van der Waals surface area contributed by atoms with Crippen LogP contribution in [0.4, 0.5) is 4.39 Å². The molecule has 0 radical (unpaired) electrons. The molecule has 19 heteroatoms. The average Bonchev–Trinajstić information content (AvgIpc) is 3.50. The molecule has 2 unspecified atom stereocenters. The van der Waals surface area contributed by atoms with Gasteiger partial charge in [-0.1, -0.05) is 61.7 Å². The van der Waals surface area contributed by atoms with E-state index in [-0.39, 0.29) is 78.9 Å². The molecule has 2 atom stereocenters. The van der Waals surface area contributed by atoms with Crippen LogP contribution in [-0.4, -0.2) is 164 Å². The highest BCUT2D eigenvalue weighted by molar-refractivity contribution is 5.98. The van der Waals surface area contributed by atoms with E-state index in [2.05, 4.69) is 31.0 Å². The van der Waals surface area contributed by atoms with Gasteiger partial charge in [-0.15, -0.1) is 0 Å². The Hall–Kier alpha value is -7.22. The molecule has 0 bridgehead atoms. The zero-order valence-electron chi connectivity index (χ0n) is 46.2. The number of benzene rings is 4. The minimum Gasteiger partial charge on any atom is -0.497 e. The third-order valence-electron chi connectivity index (χ3n) is 16.2. The Bertz CT molecular complexity index is 3020. The zero-order valence-corrected chi connectivity index (χ0v) is 46.2. The number of H-pyrrole nitrogens is 1. The molecule has 80 heavy (non-hydrogen) atoms. The van der Waals surface area contributed by atoms with E-state index < -0.39 is 17.8 Å². The van der Waals surface area contributed by atoms with Crippen molar-refractivity contribution in [3.8, 4) is 11.5 Å². The van der Waals surface area contributed by atoms with Crippen LogP contribution in [0.25, 0.3) is 10.8 Å². The number of likely N-dealkylation sites (tertiary alicyclic amines) is 2. The predicted molar refractivity (Wildman–Crippen MR) is 301 cm³/mol. The van der Waals surface area contributed by atoms with Crippen LogP contribution in [-0.2, 0) is 32.1 Å². The summed E-state index contributed by atoms with van der Waals surface area (Å²) in [4.78, 5) is 88.0. The molecule has 4 aliphatic rings. The Kier molecular flexibility index (Phi) is 20.0. The number of halogens is 1. The third kappa shape index (κ3) is 14.8. The van der Waals surface area contributed by atoms with E-state index in [0.29, 0.717) is 105 Å². The van der Waals surface area contributed by atoms with Crippen molar-refractivity contribution in [3.63, 3.8) is 0 Å². The Balaban J connectivity index is 0.687. The fourth-order valence-electron chi connectivity index (χ4n) is 11.7. The van der Waals surface area contributed by atoms with Crippen molar-refractivity contribution in [2.75, 3.05) is 92.3 Å². The quantitative estimate of drug-likeness (QED) is 0.0642. The van der Waals surface area contributed by atoms with Crippen molar-refractivity contribution in [1.29, 1.82) is 0 Å². The number of carbonyl (C=O) groups is 5. The summed E-state index contributed by atoms with van der Waals surface area (Å²) in [6.07, 6.45) is 8.32. The van der Waals surface area contributed by atoms with Crippen LogP contribution in [0.1, 0.15) is 114 Å². The summed E-state index contributed by atoms with van der Waals surface area (Å²) in [6.45, 7) is 7.81. The second-order valence-corrected chi connectivity index (χ2v) is 21.5. The number of fused-ring (bicyclic) bond motifs is 1. The van der Waals surface area contributed by atoms with Crippen molar-refractivity contribution in [2.24, 2.45) is 5.92 Å².